The second kappa shape index (κ2) is 7.47. The van der Waals surface area contributed by atoms with E-state index in [2.05, 4.69) is 25.3 Å². The first-order valence-electron chi connectivity index (χ1n) is 8.93. The van der Waals surface area contributed by atoms with Gasteiger partial charge in [-0.15, -0.1) is 0 Å². The number of ether oxygens (including phenoxy) is 1. The van der Waals surface area contributed by atoms with Gasteiger partial charge in [0.25, 0.3) is 5.56 Å². The lowest BCUT2D eigenvalue weighted by Crippen LogP contribution is -2.19. The summed E-state index contributed by atoms with van der Waals surface area (Å²) in [4.78, 5) is 34.0. The molecule has 148 valence electrons. The maximum atomic E-state index is 13.1. The molecule has 1 aromatic carbocycles. The van der Waals surface area contributed by atoms with Crippen molar-refractivity contribution in [3.63, 3.8) is 0 Å². The van der Waals surface area contributed by atoms with Crippen LogP contribution >= 0.6 is 11.3 Å². The van der Waals surface area contributed by atoms with Gasteiger partial charge in [-0.3, -0.25) is 15.0 Å². The number of aryl methyl sites for hydroxylation is 1. The van der Waals surface area contributed by atoms with Crippen LogP contribution in [0.15, 0.2) is 40.2 Å². The van der Waals surface area contributed by atoms with Crippen LogP contribution in [-0.4, -0.2) is 43.2 Å². The Morgan fingerprint density at radius 3 is 2.90 bits per heavy atom. The van der Waals surface area contributed by atoms with Crippen LogP contribution in [0.4, 0.5) is 5.82 Å². The van der Waals surface area contributed by atoms with Gasteiger partial charge in [0, 0.05) is 5.69 Å². The molecule has 0 bridgehead atoms. The van der Waals surface area contributed by atoms with Gasteiger partial charge in [-0.1, -0.05) is 23.5 Å². The minimum absolute atomic E-state index is 0.214. The summed E-state index contributed by atoms with van der Waals surface area (Å²) in [5.41, 5.74) is 2.28. The van der Waals surface area contributed by atoms with Gasteiger partial charge in [0.1, 0.15) is 5.56 Å². The molecule has 29 heavy (non-hydrogen) atoms. The zero-order valence-electron chi connectivity index (χ0n) is 16.0. The molecule has 0 aliphatic heterocycles. The van der Waals surface area contributed by atoms with Crippen LogP contribution in [0.1, 0.15) is 35.5 Å². The molecule has 0 amide bonds. The molecule has 0 atom stereocenters. The van der Waals surface area contributed by atoms with Crippen LogP contribution in [0.25, 0.3) is 15.3 Å². The zero-order chi connectivity index (χ0) is 20.5. The van der Waals surface area contributed by atoms with E-state index in [0.717, 1.165) is 10.2 Å². The Hall–Kier alpha value is -3.53. The van der Waals surface area contributed by atoms with E-state index in [1.165, 1.54) is 22.2 Å². The number of aromatic nitrogens is 5. The number of hydrogen-bond acceptors (Lipinski definition) is 7. The largest absolute Gasteiger partial charge is 0.462 e. The molecule has 9 nitrogen and oxygen atoms in total. The maximum absolute atomic E-state index is 13.1. The number of esters is 1. The van der Waals surface area contributed by atoms with Gasteiger partial charge >= 0.3 is 5.97 Å². The van der Waals surface area contributed by atoms with Crippen molar-refractivity contribution in [1.82, 2.24) is 25.0 Å². The molecule has 3 heterocycles. The van der Waals surface area contributed by atoms with Gasteiger partial charge in [-0.25, -0.2) is 14.8 Å². The van der Waals surface area contributed by atoms with Crippen molar-refractivity contribution in [3.8, 4) is 5.13 Å². The molecule has 0 unspecified atom stereocenters. The second-order valence-electron chi connectivity index (χ2n) is 6.27. The average Bonchev–Trinajstić information content (AvgIpc) is 3.38. The third-order valence-electron chi connectivity index (χ3n) is 4.30. The van der Waals surface area contributed by atoms with Gasteiger partial charge < -0.3 is 4.74 Å². The van der Waals surface area contributed by atoms with Gasteiger partial charge in [-0.2, -0.15) is 9.78 Å². The summed E-state index contributed by atoms with van der Waals surface area (Å²) in [5.74, 6) is -0.280. The van der Waals surface area contributed by atoms with E-state index < -0.39 is 5.97 Å². The highest BCUT2D eigenvalue weighted by Gasteiger charge is 2.19. The average molecular weight is 410 g/mol. The molecule has 4 aromatic rings. The number of aliphatic imine (C=N–C) groups is 1. The Kier molecular flexibility index (Phi) is 4.85. The van der Waals surface area contributed by atoms with Crippen LogP contribution in [-0.2, 0) is 4.74 Å². The smallest absolute Gasteiger partial charge is 0.343 e. The van der Waals surface area contributed by atoms with E-state index in [9.17, 15) is 9.59 Å². The summed E-state index contributed by atoms with van der Waals surface area (Å²) < 4.78 is 7.41. The first kappa shape index (κ1) is 18.8. The van der Waals surface area contributed by atoms with Crippen molar-refractivity contribution in [2.45, 2.75) is 20.8 Å². The molecule has 0 aliphatic rings. The number of thiazole rings is 1. The fraction of sp³-hybridized carbons (Fsp3) is 0.211. The number of hydrogen-bond donors (Lipinski definition) is 2. The van der Waals surface area contributed by atoms with Gasteiger partial charge in [0.2, 0.25) is 5.13 Å². The number of nitrogens with zero attached hydrogens (tertiary/aromatic N) is 4. The number of aromatic amines is 2. The maximum Gasteiger partial charge on any atom is 0.343 e. The highest BCUT2D eigenvalue weighted by molar-refractivity contribution is 7.20. The molecule has 0 radical (unpaired) electrons. The molecule has 4 rings (SSSR count). The normalized spacial score (nSPS) is 11.9. The lowest BCUT2D eigenvalue weighted by atomic mass is 10.2. The fourth-order valence-corrected chi connectivity index (χ4v) is 3.93. The SMILES string of the molecule is CCOC(=O)c1cn[nH]c1N=C(C)c1c(C)[nH]n(-c2nc3ccccc3s2)c1=O. The molecule has 10 heteroatoms. The van der Waals surface area contributed by atoms with Gasteiger partial charge in [0.15, 0.2) is 5.82 Å². The Balaban J connectivity index is 1.75. The molecule has 0 spiro atoms. The molecular weight excluding hydrogens is 392 g/mol. The monoisotopic (exact) mass is 410 g/mol. The Bertz CT molecular complexity index is 1260. The number of para-hydroxylation sites is 1. The standard InChI is InChI=1S/C19H18N6O3S/c1-4-28-18(27)12-9-20-23-16(12)21-10(2)15-11(3)24-25(17(15)26)19-22-13-7-5-6-8-14(13)29-19/h5-9,24H,4H2,1-3H3,(H,20,23). The van der Waals surface area contributed by atoms with Crippen LogP contribution in [0, 0.1) is 6.92 Å². The first-order valence-corrected chi connectivity index (χ1v) is 9.75. The summed E-state index contributed by atoms with van der Waals surface area (Å²) in [6.07, 6.45) is 1.35. The van der Waals surface area contributed by atoms with E-state index >= 15 is 0 Å². The van der Waals surface area contributed by atoms with Crippen LogP contribution in [0.5, 0.6) is 0 Å². The minimum Gasteiger partial charge on any atom is -0.462 e. The Morgan fingerprint density at radius 2 is 2.14 bits per heavy atom. The van der Waals surface area contributed by atoms with Crippen molar-refractivity contribution in [1.29, 1.82) is 0 Å². The number of H-pyrrole nitrogens is 2. The summed E-state index contributed by atoms with van der Waals surface area (Å²) in [6.45, 7) is 5.46. The third-order valence-corrected chi connectivity index (χ3v) is 5.32. The number of rotatable bonds is 5. The molecule has 0 saturated heterocycles. The summed E-state index contributed by atoms with van der Waals surface area (Å²) in [6, 6.07) is 7.70. The van der Waals surface area contributed by atoms with E-state index in [1.807, 2.05) is 24.3 Å². The highest BCUT2D eigenvalue weighted by Crippen LogP contribution is 2.24. The first-order chi connectivity index (χ1) is 14.0. The molecular formula is C19H18N6O3S. The van der Waals surface area contributed by atoms with E-state index in [-0.39, 0.29) is 23.5 Å². The van der Waals surface area contributed by atoms with Crippen molar-refractivity contribution < 1.29 is 9.53 Å². The number of carbonyl (C=O) groups is 1. The molecule has 3 aromatic heterocycles. The predicted molar refractivity (Wildman–Crippen MR) is 111 cm³/mol. The van der Waals surface area contributed by atoms with Crippen molar-refractivity contribution >= 4 is 39.1 Å². The quantitative estimate of drug-likeness (QED) is 0.387. The minimum atomic E-state index is -0.523. The van der Waals surface area contributed by atoms with E-state index in [1.54, 1.807) is 20.8 Å². The Labute approximate surface area is 169 Å². The highest BCUT2D eigenvalue weighted by atomic mass is 32.1. The third kappa shape index (κ3) is 3.38. The summed E-state index contributed by atoms with van der Waals surface area (Å²) in [7, 11) is 0. The van der Waals surface area contributed by atoms with Crippen LogP contribution in [0.3, 0.4) is 0 Å². The molecule has 0 saturated carbocycles. The van der Waals surface area contributed by atoms with Crippen molar-refractivity contribution in [2.75, 3.05) is 6.61 Å². The number of fused-ring (bicyclic) bond motifs is 1. The summed E-state index contributed by atoms with van der Waals surface area (Å²) in [5, 5.41) is 10.1. The number of benzene rings is 1. The number of carbonyl (C=O) groups excluding carboxylic acids is 1. The number of nitrogens with one attached hydrogen (secondary N) is 2. The lowest BCUT2D eigenvalue weighted by Gasteiger charge is -2.01. The molecule has 2 N–H and O–H groups in total. The van der Waals surface area contributed by atoms with Crippen LogP contribution < -0.4 is 5.56 Å². The summed E-state index contributed by atoms with van der Waals surface area (Å²) >= 11 is 1.42. The van der Waals surface area contributed by atoms with E-state index in [0.29, 0.717) is 22.1 Å². The second-order valence-corrected chi connectivity index (χ2v) is 7.28. The molecule has 0 fully saturated rings. The topological polar surface area (TPSA) is 118 Å². The predicted octanol–water partition coefficient (Wildman–Crippen LogP) is 3.12. The van der Waals surface area contributed by atoms with Crippen molar-refractivity contribution in [3.05, 3.63) is 57.6 Å². The van der Waals surface area contributed by atoms with E-state index in [4.69, 9.17) is 4.74 Å². The lowest BCUT2D eigenvalue weighted by molar-refractivity contribution is 0.0527. The van der Waals surface area contributed by atoms with Crippen LogP contribution in [0.2, 0.25) is 0 Å². The fourth-order valence-electron chi connectivity index (χ4n) is 3.01. The van der Waals surface area contributed by atoms with Crippen molar-refractivity contribution in [2.24, 2.45) is 4.99 Å². The Morgan fingerprint density at radius 1 is 1.34 bits per heavy atom. The molecule has 0 aliphatic carbocycles. The van der Waals surface area contributed by atoms with Gasteiger partial charge in [0.05, 0.1) is 34.3 Å². The van der Waals surface area contributed by atoms with Gasteiger partial charge in [-0.05, 0) is 32.9 Å². The zero-order valence-corrected chi connectivity index (χ0v) is 16.8.